The van der Waals surface area contributed by atoms with Gasteiger partial charge < -0.3 is 19.1 Å². The summed E-state index contributed by atoms with van der Waals surface area (Å²) in [5, 5.41) is 7.92. The summed E-state index contributed by atoms with van der Waals surface area (Å²) in [6.45, 7) is 9.60. The van der Waals surface area contributed by atoms with Gasteiger partial charge in [-0.1, -0.05) is 56.9 Å². The molecule has 2 aromatic carbocycles. The summed E-state index contributed by atoms with van der Waals surface area (Å²) < 4.78 is 7.90. The molecule has 290 valence electrons. The topological polar surface area (TPSA) is 152 Å². The van der Waals surface area contributed by atoms with Gasteiger partial charge in [-0.25, -0.2) is 4.98 Å². The Balaban J connectivity index is 0.00000224. The summed E-state index contributed by atoms with van der Waals surface area (Å²) in [6, 6.07) is 17.1. The van der Waals surface area contributed by atoms with Crippen LogP contribution in [0.2, 0.25) is 0 Å². The zero-order valence-electron chi connectivity index (χ0n) is 32.3. The number of benzene rings is 2. The van der Waals surface area contributed by atoms with Crippen LogP contribution in [0.3, 0.4) is 0 Å². The molecule has 4 aliphatic rings. The van der Waals surface area contributed by atoms with E-state index in [1.165, 1.54) is 4.90 Å². The van der Waals surface area contributed by atoms with E-state index in [-0.39, 0.29) is 24.8 Å². The molecule has 1 atom stereocenters. The molecule has 2 fully saturated rings. The fraction of sp³-hybridized carbons (Fsp3) is 0.341. The molecule has 2 N–H and O–H groups in total. The van der Waals surface area contributed by atoms with Crippen LogP contribution < -0.4 is 10.6 Å². The first kappa shape index (κ1) is 37.7. The first-order valence-electron chi connectivity index (χ1n) is 19.6. The molecule has 0 radical (unpaired) electrons. The lowest BCUT2D eigenvalue weighted by atomic mass is 9.91. The predicted molar refractivity (Wildman–Crippen MR) is 213 cm³/mol. The number of rotatable bonds is 8. The lowest BCUT2D eigenvalue weighted by Gasteiger charge is -2.41. The van der Waals surface area contributed by atoms with E-state index in [1.54, 1.807) is 17.0 Å². The number of imidazole rings is 1. The predicted octanol–water partition coefficient (Wildman–Crippen LogP) is 4.35. The van der Waals surface area contributed by atoms with Gasteiger partial charge in [0.25, 0.3) is 5.91 Å². The highest BCUT2D eigenvalue weighted by Gasteiger charge is 2.42. The molecular formula is C44H44N8O5. The molecule has 5 aromatic rings. The Hall–Kier alpha value is -6.23. The zero-order chi connectivity index (χ0) is 39.7. The molecular weight excluding hydrogens is 721 g/mol. The van der Waals surface area contributed by atoms with E-state index in [0.717, 1.165) is 81.0 Å². The molecule has 13 nitrogen and oxygen atoms in total. The van der Waals surface area contributed by atoms with Crippen LogP contribution in [0.5, 0.6) is 0 Å². The number of piperidine rings is 1. The first-order chi connectivity index (χ1) is 27.9. The van der Waals surface area contributed by atoms with Crippen molar-refractivity contribution >= 4 is 34.9 Å². The van der Waals surface area contributed by atoms with Gasteiger partial charge in [0.1, 0.15) is 17.4 Å². The minimum atomic E-state index is -0.674. The molecule has 0 saturated carbocycles. The van der Waals surface area contributed by atoms with Gasteiger partial charge in [-0.15, -0.1) is 0 Å². The number of pyridine rings is 2. The molecule has 9 rings (SSSR count). The molecule has 0 aliphatic carbocycles. The lowest BCUT2D eigenvalue weighted by Crippen LogP contribution is -2.58. The van der Waals surface area contributed by atoms with Crippen LogP contribution in [-0.2, 0) is 50.7 Å². The van der Waals surface area contributed by atoms with E-state index in [9.17, 15) is 19.2 Å². The van der Waals surface area contributed by atoms with Crippen LogP contribution in [0.25, 0.3) is 33.3 Å². The molecule has 1 unspecified atom stereocenters. The molecule has 0 bridgehead atoms. The number of nitrogens with zero attached hydrogens (tertiary/aromatic N) is 6. The van der Waals surface area contributed by atoms with Crippen LogP contribution in [0, 0.1) is 11.8 Å². The smallest absolute Gasteiger partial charge is 0.255 e. The quantitative estimate of drug-likeness (QED) is 0.134. The van der Waals surface area contributed by atoms with Crippen molar-refractivity contribution in [2.24, 2.45) is 0 Å². The first-order valence-corrected chi connectivity index (χ1v) is 19.6. The van der Waals surface area contributed by atoms with Crippen molar-refractivity contribution in [2.75, 3.05) is 26.3 Å². The van der Waals surface area contributed by atoms with Crippen molar-refractivity contribution in [1.29, 1.82) is 0 Å². The monoisotopic (exact) mass is 764 g/mol. The Morgan fingerprint density at radius 3 is 2.56 bits per heavy atom. The fourth-order valence-electron chi connectivity index (χ4n) is 8.10. The molecule has 57 heavy (non-hydrogen) atoms. The van der Waals surface area contributed by atoms with Crippen molar-refractivity contribution in [1.82, 2.24) is 40.0 Å². The molecule has 3 aromatic heterocycles. The SMILES string of the molecule is CC.CCc1nc(-c2cccc3cc(-c4ccc(C5(NCC#Cc6cccc7c6CN(C6CCC(=O)NC6=O)C7=O)COC5)nc4)ncc23)c2n1CCN(C=O)C2. The Kier molecular flexibility index (Phi) is 10.4. The van der Waals surface area contributed by atoms with E-state index in [1.807, 2.05) is 50.5 Å². The van der Waals surface area contributed by atoms with Gasteiger partial charge in [0.2, 0.25) is 18.2 Å². The number of aromatic nitrogens is 4. The second-order valence-corrected chi connectivity index (χ2v) is 14.4. The number of ether oxygens (including phenoxy) is 1. The second kappa shape index (κ2) is 15.7. The van der Waals surface area contributed by atoms with Crippen LogP contribution in [0.4, 0.5) is 0 Å². The molecule has 4 amide bonds. The van der Waals surface area contributed by atoms with Crippen molar-refractivity contribution in [3.8, 4) is 34.4 Å². The minimum absolute atomic E-state index is 0.207. The molecule has 0 spiro atoms. The summed E-state index contributed by atoms with van der Waals surface area (Å²) in [7, 11) is 0. The standard InChI is InChI=1S/C42H38N8O5.C2H6/c1-2-37-46-39(35-22-48(25-51)16-17-49(35)37)29-9-4-7-27-18-33(43-20-31(27)29)28-11-13-36(44-19-28)42(23-55-24-42)45-15-5-8-26-6-3-10-30-32(26)21-50(41(30)54)34-12-14-38(52)47-40(34)53;1-2/h3-4,6-7,9-11,13,18-20,25,34,45H,2,12,14-17,21-24H2,1H3,(H,47,52,53);1-2H3. The van der Waals surface area contributed by atoms with Gasteiger partial charge in [0.05, 0.1) is 49.1 Å². The van der Waals surface area contributed by atoms with Crippen LogP contribution >= 0.6 is 0 Å². The fourth-order valence-corrected chi connectivity index (χ4v) is 8.10. The minimum Gasteiger partial charge on any atom is -0.377 e. The lowest BCUT2D eigenvalue weighted by molar-refractivity contribution is -0.137. The number of fused-ring (bicyclic) bond motifs is 3. The molecule has 4 aliphatic heterocycles. The van der Waals surface area contributed by atoms with E-state index >= 15 is 0 Å². The maximum Gasteiger partial charge on any atom is 0.255 e. The molecule has 13 heteroatoms. The van der Waals surface area contributed by atoms with Crippen LogP contribution in [0.1, 0.15) is 72.3 Å². The summed E-state index contributed by atoms with van der Waals surface area (Å²) in [4.78, 5) is 67.1. The van der Waals surface area contributed by atoms with Gasteiger partial charge in [-0.3, -0.25) is 39.8 Å². The van der Waals surface area contributed by atoms with E-state index in [2.05, 4.69) is 52.2 Å². The number of carbonyl (C=O) groups is 4. The summed E-state index contributed by atoms with van der Waals surface area (Å²) in [5.41, 5.74) is 7.07. The number of amides is 4. The number of aryl methyl sites for hydroxylation is 1. The normalized spacial score (nSPS) is 18.1. The van der Waals surface area contributed by atoms with Gasteiger partial charge >= 0.3 is 0 Å². The van der Waals surface area contributed by atoms with Gasteiger partial charge in [-0.2, -0.15) is 0 Å². The molecule has 7 heterocycles. The highest BCUT2D eigenvalue weighted by Crippen LogP contribution is 2.35. The van der Waals surface area contributed by atoms with Crippen molar-refractivity contribution in [3.05, 3.63) is 101 Å². The van der Waals surface area contributed by atoms with Crippen LogP contribution in [0.15, 0.2) is 67.0 Å². The maximum atomic E-state index is 13.2. The Morgan fingerprint density at radius 1 is 1.00 bits per heavy atom. The maximum absolute atomic E-state index is 13.2. The Labute approximate surface area is 330 Å². The third-order valence-corrected chi connectivity index (χ3v) is 11.2. The van der Waals surface area contributed by atoms with E-state index < -0.39 is 17.5 Å². The summed E-state index contributed by atoms with van der Waals surface area (Å²) in [5.74, 6) is 6.50. The Morgan fingerprint density at radius 2 is 1.82 bits per heavy atom. The van der Waals surface area contributed by atoms with Crippen molar-refractivity contribution < 1.29 is 23.9 Å². The van der Waals surface area contributed by atoms with Crippen LogP contribution in [-0.4, -0.2) is 85.8 Å². The highest BCUT2D eigenvalue weighted by molar-refractivity contribution is 6.05. The Bertz CT molecular complexity index is 2460. The number of imide groups is 1. The van der Waals surface area contributed by atoms with E-state index in [4.69, 9.17) is 19.7 Å². The van der Waals surface area contributed by atoms with Gasteiger partial charge in [0.15, 0.2) is 0 Å². The van der Waals surface area contributed by atoms with Crippen molar-refractivity contribution in [2.45, 2.75) is 71.2 Å². The average molecular weight is 765 g/mol. The number of hydrogen-bond donors (Lipinski definition) is 2. The third kappa shape index (κ3) is 6.85. The number of hydrogen-bond acceptors (Lipinski definition) is 9. The highest BCUT2D eigenvalue weighted by atomic mass is 16.5. The summed E-state index contributed by atoms with van der Waals surface area (Å²) in [6.07, 6.45) is 5.98. The van der Waals surface area contributed by atoms with Crippen molar-refractivity contribution in [3.63, 3.8) is 0 Å². The zero-order valence-corrected chi connectivity index (χ0v) is 32.3. The van der Waals surface area contributed by atoms with Gasteiger partial charge in [0, 0.05) is 72.5 Å². The number of carbonyl (C=O) groups excluding carboxylic acids is 4. The molecule has 2 saturated heterocycles. The van der Waals surface area contributed by atoms with Gasteiger partial charge in [-0.05, 0) is 47.7 Å². The van der Waals surface area contributed by atoms with E-state index in [0.29, 0.717) is 44.8 Å². The number of nitrogens with one attached hydrogen (secondary N) is 2. The second-order valence-electron chi connectivity index (χ2n) is 14.4. The third-order valence-electron chi connectivity index (χ3n) is 11.2. The largest absolute Gasteiger partial charge is 0.377 e. The average Bonchev–Trinajstić information content (AvgIpc) is 3.77. The summed E-state index contributed by atoms with van der Waals surface area (Å²) >= 11 is 0.